The van der Waals surface area contributed by atoms with Crippen molar-refractivity contribution < 1.29 is 9.53 Å². The summed E-state index contributed by atoms with van der Waals surface area (Å²) >= 11 is 1.70. The average molecular weight is 392 g/mol. The molecule has 1 aromatic carbocycles. The van der Waals surface area contributed by atoms with E-state index in [1.807, 2.05) is 23.1 Å². The molecule has 3 rings (SSSR count). The van der Waals surface area contributed by atoms with E-state index >= 15 is 0 Å². The number of nitrogens with one attached hydrogen (secondary N) is 1. The number of likely N-dealkylation sites (tertiary alicyclic amines) is 1. The first-order chi connectivity index (χ1) is 10.8. The summed E-state index contributed by atoms with van der Waals surface area (Å²) in [5.74, 6) is 0.151. The van der Waals surface area contributed by atoms with Gasteiger partial charge in [0.2, 0.25) is 5.91 Å². The van der Waals surface area contributed by atoms with Gasteiger partial charge in [-0.15, -0.1) is 36.2 Å². The second-order valence-electron chi connectivity index (χ2n) is 5.43. The van der Waals surface area contributed by atoms with E-state index in [1.165, 1.54) is 4.70 Å². The Morgan fingerprint density at radius 3 is 2.96 bits per heavy atom. The van der Waals surface area contributed by atoms with Gasteiger partial charge in [-0.3, -0.25) is 4.79 Å². The van der Waals surface area contributed by atoms with Crippen molar-refractivity contribution in [2.45, 2.75) is 18.9 Å². The van der Waals surface area contributed by atoms with Gasteiger partial charge in [0.1, 0.15) is 5.01 Å². The molecule has 1 aliphatic rings. The van der Waals surface area contributed by atoms with Crippen LogP contribution in [0.15, 0.2) is 24.3 Å². The number of fused-ring (bicyclic) bond motifs is 1. The molecular weight excluding hydrogens is 369 g/mol. The summed E-state index contributed by atoms with van der Waals surface area (Å²) < 4.78 is 6.17. The molecule has 1 unspecified atom stereocenters. The number of carbonyl (C=O) groups excluding carboxylic acids is 1. The van der Waals surface area contributed by atoms with Crippen LogP contribution in [0.5, 0.6) is 0 Å². The Balaban J connectivity index is 0.00000144. The largest absolute Gasteiger partial charge is 0.383 e. The van der Waals surface area contributed by atoms with E-state index in [0.717, 1.165) is 29.9 Å². The number of halogens is 2. The third kappa shape index (κ3) is 4.80. The molecule has 2 heterocycles. The maximum absolute atomic E-state index is 12.4. The maximum atomic E-state index is 12.4. The van der Waals surface area contributed by atoms with Crippen molar-refractivity contribution in [2.75, 3.05) is 33.4 Å². The zero-order valence-corrected chi connectivity index (χ0v) is 16.0. The first-order valence-electron chi connectivity index (χ1n) is 7.64. The third-order valence-electron chi connectivity index (χ3n) is 3.93. The lowest BCUT2D eigenvalue weighted by Gasteiger charge is -2.23. The summed E-state index contributed by atoms with van der Waals surface area (Å²) in [6.07, 6.45) is 2.05. The van der Waals surface area contributed by atoms with Gasteiger partial charge in [-0.05, 0) is 25.0 Å². The lowest BCUT2D eigenvalue weighted by atomic mass is 10.2. The Bertz CT molecular complexity index is 620. The second kappa shape index (κ2) is 10.2. The van der Waals surface area contributed by atoms with Gasteiger partial charge in [0.05, 0.1) is 29.4 Å². The molecular formula is C16H23Cl2N3O2S. The number of benzene rings is 1. The summed E-state index contributed by atoms with van der Waals surface area (Å²) in [6.45, 7) is 2.51. The molecule has 1 amide bonds. The minimum Gasteiger partial charge on any atom is -0.383 e. The fraction of sp³-hybridized carbons (Fsp3) is 0.500. The Kier molecular flexibility index (Phi) is 8.94. The van der Waals surface area contributed by atoms with Gasteiger partial charge in [-0.25, -0.2) is 4.98 Å². The van der Waals surface area contributed by atoms with E-state index in [9.17, 15) is 4.79 Å². The molecule has 1 aromatic heterocycles. The minimum atomic E-state index is 0. The van der Waals surface area contributed by atoms with Crippen molar-refractivity contribution >= 4 is 52.3 Å². The van der Waals surface area contributed by atoms with Gasteiger partial charge < -0.3 is 15.0 Å². The van der Waals surface area contributed by atoms with Crippen LogP contribution < -0.4 is 5.32 Å². The van der Waals surface area contributed by atoms with Crippen molar-refractivity contribution in [3.8, 4) is 0 Å². The Labute approximate surface area is 158 Å². The molecule has 1 N–H and O–H groups in total. The molecule has 24 heavy (non-hydrogen) atoms. The highest BCUT2D eigenvalue weighted by molar-refractivity contribution is 7.18. The molecule has 2 aromatic rings. The van der Waals surface area contributed by atoms with Gasteiger partial charge in [0.15, 0.2) is 0 Å². The molecule has 0 saturated carbocycles. The van der Waals surface area contributed by atoms with Gasteiger partial charge in [-0.2, -0.15) is 0 Å². The number of hydrogen-bond donors (Lipinski definition) is 1. The normalized spacial score (nSPS) is 16.7. The molecule has 0 bridgehead atoms. The van der Waals surface area contributed by atoms with Crippen LogP contribution in [-0.4, -0.2) is 49.1 Å². The number of para-hydroxylation sites is 1. The highest BCUT2D eigenvalue weighted by Crippen LogP contribution is 2.36. The number of methoxy groups -OCH3 is 1. The van der Waals surface area contributed by atoms with E-state index in [-0.39, 0.29) is 36.8 Å². The lowest BCUT2D eigenvalue weighted by Crippen LogP contribution is -2.38. The van der Waals surface area contributed by atoms with Gasteiger partial charge >= 0.3 is 0 Å². The molecule has 1 aliphatic heterocycles. The Morgan fingerprint density at radius 2 is 2.21 bits per heavy atom. The summed E-state index contributed by atoms with van der Waals surface area (Å²) in [6, 6.07) is 8.28. The average Bonchev–Trinajstić information content (AvgIpc) is 3.16. The monoisotopic (exact) mass is 391 g/mol. The molecule has 8 heteroatoms. The smallest absolute Gasteiger partial charge is 0.237 e. The SMILES string of the molecule is COCCNCC(=O)N1CCCC1c1nc2ccccc2s1.Cl.Cl. The van der Waals surface area contributed by atoms with Crippen LogP contribution >= 0.6 is 36.2 Å². The van der Waals surface area contributed by atoms with Crippen LogP contribution in [0.4, 0.5) is 0 Å². The maximum Gasteiger partial charge on any atom is 0.237 e. The number of hydrogen-bond acceptors (Lipinski definition) is 5. The first-order valence-corrected chi connectivity index (χ1v) is 8.46. The molecule has 0 aliphatic carbocycles. The summed E-state index contributed by atoms with van der Waals surface area (Å²) in [5, 5.41) is 4.19. The van der Waals surface area contributed by atoms with Crippen LogP contribution in [0.1, 0.15) is 23.9 Å². The molecule has 5 nitrogen and oxygen atoms in total. The standard InChI is InChI=1S/C16H21N3O2S.2ClH/c1-21-10-8-17-11-15(20)19-9-4-6-13(19)16-18-12-5-2-3-7-14(12)22-16;;/h2-3,5,7,13,17H,4,6,8-11H2,1H3;2*1H. The van der Waals surface area contributed by atoms with Gasteiger partial charge in [0, 0.05) is 20.2 Å². The molecule has 1 atom stereocenters. The van der Waals surface area contributed by atoms with E-state index in [0.29, 0.717) is 19.7 Å². The topological polar surface area (TPSA) is 54.5 Å². The summed E-state index contributed by atoms with van der Waals surface area (Å²) in [5.41, 5.74) is 1.03. The summed E-state index contributed by atoms with van der Waals surface area (Å²) in [4.78, 5) is 19.1. The quantitative estimate of drug-likeness (QED) is 0.768. The van der Waals surface area contributed by atoms with E-state index < -0.39 is 0 Å². The van der Waals surface area contributed by atoms with Crippen molar-refractivity contribution in [3.05, 3.63) is 29.3 Å². The van der Waals surface area contributed by atoms with Gasteiger partial charge in [0.25, 0.3) is 0 Å². The molecule has 134 valence electrons. The van der Waals surface area contributed by atoms with Crippen LogP contribution in [0, 0.1) is 0 Å². The number of nitrogens with zero attached hydrogens (tertiary/aromatic N) is 2. The lowest BCUT2D eigenvalue weighted by molar-refractivity contribution is -0.131. The zero-order chi connectivity index (χ0) is 15.4. The number of aromatic nitrogens is 1. The van der Waals surface area contributed by atoms with Crippen molar-refractivity contribution in [1.82, 2.24) is 15.2 Å². The van der Waals surface area contributed by atoms with Gasteiger partial charge in [-0.1, -0.05) is 12.1 Å². The Morgan fingerprint density at radius 1 is 1.42 bits per heavy atom. The Hall–Kier alpha value is -0.920. The predicted octanol–water partition coefficient (Wildman–Crippen LogP) is 3.04. The van der Waals surface area contributed by atoms with E-state index in [1.54, 1.807) is 18.4 Å². The highest BCUT2D eigenvalue weighted by Gasteiger charge is 2.31. The van der Waals surface area contributed by atoms with Crippen molar-refractivity contribution in [1.29, 1.82) is 0 Å². The number of ether oxygens (including phenoxy) is 1. The van der Waals surface area contributed by atoms with Crippen molar-refractivity contribution in [2.24, 2.45) is 0 Å². The molecule has 0 radical (unpaired) electrons. The van der Waals surface area contributed by atoms with Crippen LogP contribution in [0.25, 0.3) is 10.2 Å². The van der Waals surface area contributed by atoms with E-state index in [2.05, 4.69) is 11.4 Å². The fourth-order valence-corrected chi connectivity index (χ4v) is 3.94. The first kappa shape index (κ1) is 21.1. The zero-order valence-electron chi connectivity index (χ0n) is 13.6. The number of amides is 1. The number of thiazole rings is 1. The molecule has 1 fully saturated rings. The van der Waals surface area contributed by atoms with E-state index in [4.69, 9.17) is 9.72 Å². The number of carbonyl (C=O) groups is 1. The van der Waals surface area contributed by atoms with Crippen LogP contribution in [0.2, 0.25) is 0 Å². The highest BCUT2D eigenvalue weighted by atomic mass is 35.5. The minimum absolute atomic E-state index is 0. The van der Waals surface area contributed by atoms with Crippen LogP contribution in [0.3, 0.4) is 0 Å². The fourth-order valence-electron chi connectivity index (χ4n) is 2.83. The summed E-state index contributed by atoms with van der Waals surface area (Å²) in [7, 11) is 1.66. The molecule has 1 saturated heterocycles. The van der Waals surface area contributed by atoms with Crippen molar-refractivity contribution in [3.63, 3.8) is 0 Å². The second-order valence-corrected chi connectivity index (χ2v) is 6.50. The number of rotatable bonds is 6. The van der Waals surface area contributed by atoms with Crippen LogP contribution in [-0.2, 0) is 9.53 Å². The molecule has 0 spiro atoms. The third-order valence-corrected chi connectivity index (χ3v) is 5.07. The predicted molar refractivity (Wildman–Crippen MR) is 103 cm³/mol.